The molecule has 110 valence electrons. The van der Waals surface area contributed by atoms with Crippen molar-refractivity contribution in [1.29, 1.82) is 0 Å². The number of halogens is 2. The number of thioether (sulfide) groups is 1. The SMILES string of the molecule is CCSC1CCCCN(C(=O)c2ccc(Cl)c(Cl)c2)C1. The van der Waals surface area contributed by atoms with Crippen molar-refractivity contribution in [2.75, 3.05) is 18.8 Å². The minimum atomic E-state index is 0.0622. The Labute approximate surface area is 134 Å². The molecular formula is C15H19Cl2NOS. The lowest BCUT2D eigenvalue weighted by molar-refractivity contribution is 0.0763. The van der Waals surface area contributed by atoms with Gasteiger partial charge < -0.3 is 4.90 Å². The number of carbonyl (C=O) groups excluding carboxylic acids is 1. The molecule has 1 aromatic carbocycles. The second-order valence-electron chi connectivity index (χ2n) is 4.95. The molecule has 0 saturated carbocycles. The summed E-state index contributed by atoms with van der Waals surface area (Å²) in [6.07, 6.45) is 3.47. The van der Waals surface area contributed by atoms with Crippen LogP contribution in [0, 0.1) is 0 Å². The normalized spacial score (nSPS) is 19.8. The molecule has 1 aliphatic rings. The topological polar surface area (TPSA) is 20.3 Å². The molecule has 2 rings (SSSR count). The van der Waals surface area contributed by atoms with Crippen molar-refractivity contribution in [3.05, 3.63) is 33.8 Å². The monoisotopic (exact) mass is 331 g/mol. The molecule has 0 aromatic heterocycles. The summed E-state index contributed by atoms with van der Waals surface area (Å²) in [7, 11) is 0. The number of rotatable bonds is 3. The Hall–Kier alpha value is -0.380. The Morgan fingerprint density at radius 3 is 2.85 bits per heavy atom. The molecule has 1 amide bonds. The minimum Gasteiger partial charge on any atom is -0.338 e. The van der Waals surface area contributed by atoms with Crippen molar-refractivity contribution in [3.63, 3.8) is 0 Å². The van der Waals surface area contributed by atoms with E-state index in [-0.39, 0.29) is 5.91 Å². The van der Waals surface area contributed by atoms with Crippen LogP contribution >= 0.6 is 35.0 Å². The number of benzene rings is 1. The summed E-state index contributed by atoms with van der Waals surface area (Å²) < 4.78 is 0. The van der Waals surface area contributed by atoms with Gasteiger partial charge >= 0.3 is 0 Å². The fourth-order valence-corrected chi connectivity index (χ4v) is 3.86. The maximum absolute atomic E-state index is 12.6. The van der Waals surface area contributed by atoms with E-state index in [0.717, 1.165) is 25.3 Å². The van der Waals surface area contributed by atoms with E-state index >= 15 is 0 Å². The van der Waals surface area contributed by atoms with Crippen LogP contribution < -0.4 is 0 Å². The van der Waals surface area contributed by atoms with Crippen LogP contribution in [0.15, 0.2) is 18.2 Å². The second kappa shape index (κ2) is 7.58. The quantitative estimate of drug-likeness (QED) is 0.797. The number of nitrogens with zero attached hydrogens (tertiary/aromatic N) is 1. The number of hydrogen-bond acceptors (Lipinski definition) is 2. The molecule has 2 nitrogen and oxygen atoms in total. The highest BCUT2D eigenvalue weighted by Gasteiger charge is 2.23. The first kappa shape index (κ1) is 16.0. The van der Waals surface area contributed by atoms with Gasteiger partial charge in [0.05, 0.1) is 10.0 Å². The van der Waals surface area contributed by atoms with E-state index in [1.54, 1.807) is 18.2 Å². The van der Waals surface area contributed by atoms with Crippen molar-refractivity contribution in [1.82, 2.24) is 4.90 Å². The maximum Gasteiger partial charge on any atom is 0.253 e. The average molecular weight is 332 g/mol. The molecule has 1 fully saturated rings. The van der Waals surface area contributed by atoms with Crippen molar-refractivity contribution < 1.29 is 4.79 Å². The third-order valence-electron chi connectivity index (χ3n) is 3.48. The highest BCUT2D eigenvalue weighted by Crippen LogP contribution is 2.26. The highest BCUT2D eigenvalue weighted by molar-refractivity contribution is 7.99. The molecule has 0 bridgehead atoms. The van der Waals surface area contributed by atoms with Gasteiger partial charge in [0.2, 0.25) is 0 Å². The van der Waals surface area contributed by atoms with E-state index in [9.17, 15) is 4.79 Å². The van der Waals surface area contributed by atoms with Crippen LogP contribution in [0.1, 0.15) is 36.5 Å². The van der Waals surface area contributed by atoms with E-state index in [1.165, 1.54) is 12.8 Å². The molecule has 0 radical (unpaired) electrons. The molecule has 0 N–H and O–H groups in total. The zero-order valence-corrected chi connectivity index (χ0v) is 13.9. The summed E-state index contributed by atoms with van der Waals surface area (Å²) in [6, 6.07) is 5.11. The standard InChI is InChI=1S/C15H19Cl2NOS/c1-2-20-12-5-3-4-8-18(10-12)15(19)11-6-7-13(16)14(17)9-11/h6-7,9,12H,2-5,8,10H2,1H3. The van der Waals surface area contributed by atoms with Gasteiger partial charge in [0.1, 0.15) is 0 Å². The lowest BCUT2D eigenvalue weighted by Gasteiger charge is -2.24. The molecular weight excluding hydrogens is 313 g/mol. The van der Waals surface area contributed by atoms with Gasteiger partial charge in [0.15, 0.2) is 0 Å². The van der Waals surface area contributed by atoms with E-state index in [0.29, 0.717) is 20.9 Å². The van der Waals surface area contributed by atoms with Gasteiger partial charge in [-0.1, -0.05) is 36.5 Å². The maximum atomic E-state index is 12.6. The lowest BCUT2D eigenvalue weighted by Crippen LogP contribution is -2.35. The second-order valence-corrected chi connectivity index (χ2v) is 7.34. The third kappa shape index (κ3) is 4.06. The van der Waals surface area contributed by atoms with Crippen LogP contribution in [0.4, 0.5) is 0 Å². The van der Waals surface area contributed by atoms with Crippen molar-refractivity contribution in [2.24, 2.45) is 0 Å². The molecule has 5 heteroatoms. The molecule has 1 aliphatic heterocycles. The minimum absolute atomic E-state index is 0.0622. The lowest BCUT2D eigenvalue weighted by atomic mass is 10.2. The van der Waals surface area contributed by atoms with Crippen LogP contribution in [0.5, 0.6) is 0 Å². The Bertz CT molecular complexity index is 481. The van der Waals surface area contributed by atoms with E-state index in [4.69, 9.17) is 23.2 Å². The Balaban J connectivity index is 2.11. The average Bonchev–Trinajstić information content (AvgIpc) is 2.67. The van der Waals surface area contributed by atoms with Gasteiger partial charge in [-0.15, -0.1) is 0 Å². The summed E-state index contributed by atoms with van der Waals surface area (Å²) in [5, 5.41) is 1.47. The first-order valence-electron chi connectivity index (χ1n) is 6.97. The zero-order chi connectivity index (χ0) is 14.5. The fraction of sp³-hybridized carbons (Fsp3) is 0.533. The third-order valence-corrected chi connectivity index (χ3v) is 5.41. The smallest absolute Gasteiger partial charge is 0.253 e. The number of carbonyl (C=O) groups is 1. The zero-order valence-electron chi connectivity index (χ0n) is 11.6. The number of amides is 1. The van der Waals surface area contributed by atoms with Gasteiger partial charge in [-0.05, 0) is 36.8 Å². The van der Waals surface area contributed by atoms with Crippen LogP contribution in [0.25, 0.3) is 0 Å². The van der Waals surface area contributed by atoms with Crippen LogP contribution in [0.2, 0.25) is 10.0 Å². The van der Waals surface area contributed by atoms with Gasteiger partial charge in [-0.2, -0.15) is 11.8 Å². The Kier molecular flexibility index (Phi) is 6.06. The van der Waals surface area contributed by atoms with Gasteiger partial charge in [0.25, 0.3) is 5.91 Å². The summed E-state index contributed by atoms with van der Waals surface area (Å²) >= 11 is 13.8. The summed E-state index contributed by atoms with van der Waals surface area (Å²) in [5.41, 5.74) is 0.626. The summed E-state index contributed by atoms with van der Waals surface area (Å²) in [6.45, 7) is 3.83. The molecule has 0 spiro atoms. The van der Waals surface area contributed by atoms with Crippen LogP contribution in [0.3, 0.4) is 0 Å². The molecule has 1 unspecified atom stereocenters. The number of hydrogen-bond donors (Lipinski definition) is 0. The highest BCUT2D eigenvalue weighted by atomic mass is 35.5. The molecule has 1 saturated heterocycles. The van der Waals surface area contributed by atoms with Crippen molar-refractivity contribution in [3.8, 4) is 0 Å². The van der Waals surface area contributed by atoms with Gasteiger partial charge in [-0.3, -0.25) is 4.79 Å². The van der Waals surface area contributed by atoms with Crippen LogP contribution in [-0.2, 0) is 0 Å². The largest absolute Gasteiger partial charge is 0.338 e. The van der Waals surface area contributed by atoms with E-state index in [1.807, 2.05) is 16.7 Å². The van der Waals surface area contributed by atoms with E-state index < -0.39 is 0 Å². The molecule has 20 heavy (non-hydrogen) atoms. The summed E-state index contributed by atoms with van der Waals surface area (Å²) in [4.78, 5) is 14.5. The first-order chi connectivity index (χ1) is 9.61. The van der Waals surface area contributed by atoms with E-state index in [2.05, 4.69) is 6.92 Å². The fourth-order valence-electron chi connectivity index (χ4n) is 2.47. The van der Waals surface area contributed by atoms with Gasteiger partial charge in [0, 0.05) is 23.9 Å². The number of likely N-dealkylation sites (tertiary alicyclic amines) is 1. The van der Waals surface area contributed by atoms with Crippen molar-refractivity contribution >= 4 is 40.9 Å². The molecule has 1 aromatic rings. The Morgan fingerprint density at radius 1 is 1.35 bits per heavy atom. The summed E-state index contributed by atoms with van der Waals surface area (Å²) in [5.74, 6) is 1.16. The van der Waals surface area contributed by atoms with Gasteiger partial charge in [-0.25, -0.2) is 0 Å². The van der Waals surface area contributed by atoms with Crippen molar-refractivity contribution in [2.45, 2.75) is 31.4 Å². The van der Waals surface area contributed by atoms with Crippen LogP contribution in [-0.4, -0.2) is 34.9 Å². The first-order valence-corrected chi connectivity index (χ1v) is 8.78. The molecule has 1 heterocycles. The Morgan fingerprint density at radius 2 is 2.15 bits per heavy atom. The predicted octanol–water partition coefficient (Wildman–Crippen LogP) is 4.74. The predicted molar refractivity (Wildman–Crippen MR) is 88.1 cm³/mol. The molecule has 1 atom stereocenters. The molecule has 0 aliphatic carbocycles.